The molecule has 164 valence electrons. The van der Waals surface area contributed by atoms with Gasteiger partial charge in [0, 0.05) is 11.1 Å². The molecule has 0 aliphatic carbocycles. The first kappa shape index (κ1) is 20.4. The van der Waals surface area contributed by atoms with Gasteiger partial charge in [0.05, 0.1) is 25.2 Å². The van der Waals surface area contributed by atoms with Gasteiger partial charge in [-0.05, 0) is 28.5 Å². The average Bonchev–Trinajstić information content (AvgIpc) is 3.41. The Hall–Kier alpha value is -4.46. The van der Waals surface area contributed by atoms with Crippen LogP contribution < -0.4 is 10.6 Å². The van der Waals surface area contributed by atoms with Crippen molar-refractivity contribution in [1.29, 1.82) is 0 Å². The molecule has 0 bridgehead atoms. The van der Waals surface area contributed by atoms with E-state index >= 15 is 0 Å². The smallest absolute Gasteiger partial charge is 0.314 e. The fourth-order valence-corrected chi connectivity index (χ4v) is 3.94. The third kappa shape index (κ3) is 4.31. The van der Waals surface area contributed by atoms with Gasteiger partial charge >= 0.3 is 6.03 Å². The van der Waals surface area contributed by atoms with Gasteiger partial charge in [-0.3, -0.25) is 20.0 Å². The van der Waals surface area contributed by atoms with Crippen LogP contribution in [0.15, 0.2) is 72.8 Å². The monoisotopic (exact) mass is 439 g/mol. The largest absolute Gasteiger partial charge is 0.324 e. The normalized spacial score (nSPS) is 12.4. The molecule has 1 aliphatic heterocycles. The Morgan fingerprint density at radius 2 is 1.67 bits per heavy atom. The van der Waals surface area contributed by atoms with Crippen LogP contribution in [0.1, 0.15) is 27.2 Å². The highest BCUT2D eigenvalue weighted by atomic mass is 16.2. The average molecular weight is 439 g/mol. The number of carbonyl (C=O) groups excluding carboxylic acids is 3. The van der Waals surface area contributed by atoms with Crippen molar-refractivity contribution in [1.82, 2.24) is 20.4 Å². The molecule has 0 spiro atoms. The Bertz CT molecular complexity index is 1360. The summed E-state index contributed by atoms with van der Waals surface area (Å²) >= 11 is 0. The number of anilines is 1. The van der Waals surface area contributed by atoms with Crippen LogP contribution in [0.3, 0.4) is 0 Å². The highest BCUT2D eigenvalue weighted by Crippen LogP contribution is 2.27. The molecular formula is C25H21N5O3. The van der Waals surface area contributed by atoms with Crippen molar-refractivity contribution in [2.75, 3.05) is 5.32 Å². The van der Waals surface area contributed by atoms with Gasteiger partial charge in [0.25, 0.3) is 5.91 Å². The lowest BCUT2D eigenvalue weighted by atomic mass is 10.0. The molecule has 0 fully saturated rings. The number of nitrogens with one attached hydrogen (secondary N) is 3. The molecule has 0 atom stereocenters. The molecule has 1 aromatic heterocycles. The molecule has 1 aliphatic rings. The number of aromatic nitrogens is 2. The third-order valence-corrected chi connectivity index (χ3v) is 5.63. The van der Waals surface area contributed by atoms with Crippen molar-refractivity contribution in [2.24, 2.45) is 0 Å². The molecule has 2 heterocycles. The highest BCUT2D eigenvalue weighted by molar-refractivity contribution is 6.04. The standard InChI is InChI=1S/C25H21N5O3/c31-22(13-16-10-11-17-6-4-5-9-19(17)12-16)26-23-20-14-30(15-21(20)28-29-23)25(33)27-24(32)18-7-2-1-3-8-18/h1-12H,13-15H2,(H,27,32,33)(H2,26,28,29,31). The van der Waals surface area contributed by atoms with Gasteiger partial charge in [-0.25, -0.2) is 4.79 Å². The van der Waals surface area contributed by atoms with Crippen LogP contribution in [-0.4, -0.2) is 32.9 Å². The van der Waals surface area contributed by atoms with Crippen LogP contribution in [0.25, 0.3) is 10.8 Å². The number of amides is 4. The van der Waals surface area contributed by atoms with Gasteiger partial charge in [0.2, 0.25) is 5.91 Å². The van der Waals surface area contributed by atoms with Gasteiger partial charge in [-0.1, -0.05) is 60.7 Å². The summed E-state index contributed by atoms with van der Waals surface area (Å²) in [6.45, 7) is 0.516. The van der Waals surface area contributed by atoms with E-state index in [1.165, 1.54) is 4.90 Å². The number of hydrogen-bond donors (Lipinski definition) is 3. The number of benzene rings is 3. The van der Waals surface area contributed by atoms with E-state index in [1.807, 2.05) is 42.5 Å². The van der Waals surface area contributed by atoms with Crippen molar-refractivity contribution in [3.8, 4) is 0 Å². The molecule has 33 heavy (non-hydrogen) atoms. The maximum atomic E-state index is 12.6. The van der Waals surface area contributed by atoms with Crippen molar-refractivity contribution in [3.63, 3.8) is 0 Å². The molecule has 0 unspecified atom stereocenters. The van der Waals surface area contributed by atoms with E-state index in [0.29, 0.717) is 11.4 Å². The van der Waals surface area contributed by atoms with Gasteiger partial charge in [-0.2, -0.15) is 5.10 Å². The number of nitrogens with zero attached hydrogens (tertiary/aromatic N) is 2. The molecular weight excluding hydrogens is 418 g/mol. The molecule has 0 saturated carbocycles. The van der Waals surface area contributed by atoms with E-state index in [2.05, 4.69) is 20.8 Å². The van der Waals surface area contributed by atoms with Crippen molar-refractivity contribution < 1.29 is 14.4 Å². The fourth-order valence-electron chi connectivity index (χ4n) is 3.94. The van der Waals surface area contributed by atoms with Crippen LogP contribution in [0, 0.1) is 0 Å². The number of fused-ring (bicyclic) bond motifs is 2. The number of H-pyrrole nitrogens is 1. The predicted molar refractivity (Wildman–Crippen MR) is 123 cm³/mol. The van der Waals surface area contributed by atoms with Crippen LogP contribution in [-0.2, 0) is 24.3 Å². The Morgan fingerprint density at radius 3 is 2.48 bits per heavy atom. The maximum absolute atomic E-state index is 12.6. The molecule has 3 aromatic carbocycles. The summed E-state index contributed by atoms with van der Waals surface area (Å²) in [5.41, 5.74) is 2.79. The summed E-state index contributed by atoms with van der Waals surface area (Å²) in [5.74, 6) is -0.250. The summed E-state index contributed by atoms with van der Waals surface area (Å²) in [6.07, 6.45) is 0.211. The lowest BCUT2D eigenvalue weighted by molar-refractivity contribution is -0.115. The molecule has 4 aromatic rings. The quantitative estimate of drug-likeness (QED) is 0.451. The molecule has 8 heteroatoms. The lowest BCUT2D eigenvalue weighted by Gasteiger charge is -2.16. The number of imide groups is 1. The minimum atomic E-state index is -0.498. The molecule has 0 saturated heterocycles. The third-order valence-electron chi connectivity index (χ3n) is 5.63. The summed E-state index contributed by atoms with van der Waals surface area (Å²) in [7, 11) is 0. The zero-order valence-electron chi connectivity index (χ0n) is 17.7. The fraction of sp³-hybridized carbons (Fsp3) is 0.120. The van der Waals surface area contributed by atoms with Gasteiger partial charge < -0.3 is 10.2 Å². The first-order valence-corrected chi connectivity index (χ1v) is 10.6. The molecule has 0 radical (unpaired) electrons. The Morgan fingerprint density at radius 1 is 0.909 bits per heavy atom. The Balaban J connectivity index is 1.21. The first-order chi connectivity index (χ1) is 16.1. The van der Waals surface area contributed by atoms with Crippen LogP contribution in [0.2, 0.25) is 0 Å². The van der Waals surface area contributed by atoms with Gasteiger partial charge in [0.1, 0.15) is 0 Å². The number of hydrogen-bond acceptors (Lipinski definition) is 4. The highest BCUT2D eigenvalue weighted by Gasteiger charge is 2.29. The zero-order valence-corrected chi connectivity index (χ0v) is 17.7. The van der Waals surface area contributed by atoms with Crippen LogP contribution in [0.5, 0.6) is 0 Å². The van der Waals surface area contributed by atoms with Gasteiger partial charge in [-0.15, -0.1) is 0 Å². The predicted octanol–water partition coefficient (Wildman–Crippen LogP) is 3.61. The summed E-state index contributed by atoms with van der Waals surface area (Å²) < 4.78 is 0. The summed E-state index contributed by atoms with van der Waals surface area (Å²) in [5, 5.41) is 14.5. The SMILES string of the molecule is O=C(Cc1ccc2ccccc2c1)Nc1n[nH]c2c1CN(C(=O)NC(=O)c1ccccc1)C2. The van der Waals surface area contributed by atoms with Crippen molar-refractivity contribution >= 4 is 34.4 Å². The Kier molecular flexibility index (Phi) is 5.32. The van der Waals surface area contributed by atoms with E-state index in [-0.39, 0.29) is 25.4 Å². The van der Waals surface area contributed by atoms with Crippen LogP contribution in [0.4, 0.5) is 10.6 Å². The second kappa shape index (κ2) is 8.58. The second-order valence-electron chi connectivity index (χ2n) is 7.92. The van der Waals surface area contributed by atoms with E-state index in [1.54, 1.807) is 30.3 Å². The molecule has 5 rings (SSSR count). The summed E-state index contributed by atoms with van der Waals surface area (Å²) in [4.78, 5) is 38.9. The molecule has 3 N–H and O–H groups in total. The van der Waals surface area contributed by atoms with E-state index in [4.69, 9.17) is 0 Å². The van der Waals surface area contributed by atoms with Gasteiger partial charge in [0.15, 0.2) is 5.82 Å². The number of urea groups is 1. The molecule has 8 nitrogen and oxygen atoms in total. The zero-order chi connectivity index (χ0) is 22.8. The van der Waals surface area contributed by atoms with E-state index < -0.39 is 11.9 Å². The topological polar surface area (TPSA) is 107 Å². The number of carbonyl (C=O) groups is 3. The van der Waals surface area contributed by atoms with Crippen molar-refractivity contribution in [2.45, 2.75) is 19.5 Å². The van der Waals surface area contributed by atoms with Crippen LogP contribution >= 0.6 is 0 Å². The minimum Gasteiger partial charge on any atom is -0.314 e. The minimum absolute atomic E-state index is 0.193. The molecule has 4 amide bonds. The maximum Gasteiger partial charge on any atom is 0.324 e. The number of rotatable bonds is 4. The summed E-state index contributed by atoms with van der Waals surface area (Å²) in [6, 6.07) is 22.0. The Labute approximate surface area is 189 Å². The second-order valence-corrected chi connectivity index (χ2v) is 7.92. The first-order valence-electron chi connectivity index (χ1n) is 10.6. The van der Waals surface area contributed by atoms with E-state index in [9.17, 15) is 14.4 Å². The number of aromatic amines is 1. The lowest BCUT2D eigenvalue weighted by Crippen LogP contribution is -2.40. The van der Waals surface area contributed by atoms with E-state index in [0.717, 1.165) is 27.6 Å². The van der Waals surface area contributed by atoms with Crippen molar-refractivity contribution in [3.05, 3.63) is 95.2 Å².